The Labute approximate surface area is 158 Å². The molecule has 7 heteroatoms. The number of methoxy groups -OCH3 is 1. The van der Waals surface area contributed by atoms with Gasteiger partial charge in [0.1, 0.15) is 29.1 Å². The zero-order valence-corrected chi connectivity index (χ0v) is 14.8. The van der Waals surface area contributed by atoms with Crippen molar-refractivity contribution in [3.8, 4) is 0 Å². The Morgan fingerprint density at radius 1 is 0.964 bits per heavy atom. The molecule has 0 aliphatic heterocycles. The maximum atomic E-state index is 13.8. The minimum Gasteiger partial charge on any atom is -0.467 e. The van der Waals surface area contributed by atoms with E-state index in [2.05, 4.69) is 10.1 Å². The van der Waals surface area contributed by atoms with E-state index in [1.807, 2.05) is 36.4 Å². The Kier molecular flexibility index (Phi) is 5.63. The van der Waals surface area contributed by atoms with Crippen LogP contribution in [0.15, 0.2) is 54.6 Å². The van der Waals surface area contributed by atoms with Crippen molar-refractivity contribution in [3.63, 3.8) is 0 Å². The number of fused-ring (bicyclic) bond motifs is 1. The van der Waals surface area contributed by atoms with Gasteiger partial charge in [-0.2, -0.15) is 0 Å². The molecule has 0 fully saturated rings. The molecule has 144 valence electrons. The van der Waals surface area contributed by atoms with Crippen LogP contribution in [0.4, 0.5) is 13.2 Å². The second-order valence-corrected chi connectivity index (χ2v) is 6.18. The van der Waals surface area contributed by atoms with E-state index in [-0.39, 0.29) is 6.42 Å². The van der Waals surface area contributed by atoms with Crippen LogP contribution in [0.2, 0.25) is 0 Å². The van der Waals surface area contributed by atoms with Crippen molar-refractivity contribution in [2.45, 2.75) is 12.5 Å². The van der Waals surface area contributed by atoms with E-state index in [4.69, 9.17) is 0 Å². The molecule has 0 saturated carbocycles. The first-order valence-electron chi connectivity index (χ1n) is 8.40. The van der Waals surface area contributed by atoms with E-state index >= 15 is 0 Å². The third-order valence-electron chi connectivity index (χ3n) is 4.28. The van der Waals surface area contributed by atoms with Gasteiger partial charge in [0.05, 0.1) is 7.11 Å². The Morgan fingerprint density at radius 2 is 1.61 bits per heavy atom. The highest BCUT2D eigenvalue weighted by atomic mass is 19.1. The lowest BCUT2D eigenvalue weighted by atomic mass is 10.0. The van der Waals surface area contributed by atoms with Gasteiger partial charge in [-0.25, -0.2) is 18.0 Å². The van der Waals surface area contributed by atoms with Crippen LogP contribution in [0, 0.1) is 17.5 Å². The number of hydrogen-bond acceptors (Lipinski definition) is 3. The van der Waals surface area contributed by atoms with Crippen LogP contribution >= 0.6 is 0 Å². The molecule has 3 aromatic rings. The molecule has 0 radical (unpaired) electrons. The fourth-order valence-corrected chi connectivity index (χ4v) is 2.93. The van der Waals surface area contributed by atoms with Crippen molar-refractivity contribution < 1.29 is 27.5 Å². The van der Waals surface area contributed by atoms with Crippen LogP contribution < -0.4 is 5.32 Å². The van der Waals surface area contributed by atoms with Crippen LogP contribution in [-0.2, 0) is 16.0 Å². The maximum absolute atomic E-state index is 13.8. The molecule has 0 aliphatic rings. The molecule has 3 aromatic carbocycles. The number of benzene rings is 3. The predicted octanol–water partition coefficient (Wildman–Crippen LogP) is 3.77. The molecule has 0 unspecified atom stereocenters. The van der Waals surface area contributed by atoms with Crippen molar-refractivity contribution >= 4 is 22.6 Å². The Hall–Kier alpha value is -3.35. The van der Waals surface area contributed by atoms with Crippen LogP contribution in [0.1, 0.15) is 15.9 Å². The number of ether oxygens (including phenoxy) is 1. The minimum absolute atomic E-state index is 0.0493. The molecule has 0 saturated heterocycles. The number of amides is 1. The average molecular weight is 387 g/mol. The number of carbonyl (C=O) groups is 2. The zero-order valence-electron chi connectivity index (χ0n) is 14.8. The third kappa shape index (κ3) is 4.14. The molecule has 28 heavy (non-hydrogen) atoms. The standard InChI is InChI=1S/C21H16F3NO3/c1-28-21(27)18(9-12-6-7-13-4-2-3-5-14(13)8-12)25-20(26)19-16(23)10-15(22)11-17(19)24/h2-8,10-11,18H,9H2,1H3,(H,25,26)/t18-/m0/s1. The lowest BCUT2D eigenvalue weighted by Crippen LogP contribution is -2.43. The van der Waals surface area contributed by atoms with E-state index in [0.29, 0.717) is 12.1 Å². The van der Waals surface area contributed by atoms with Gasteiger partial charge >= 0.3 is 5.97 Å². The number of esters is 1. The van der Waals surface area contributed by atoms with Crippen molar-refractivity contribution in [2.24, 2.45) is 0 Å². The predicted molar refractivity (Wildman–Crippen MR) is 97.2 cm³/mol. The third-order valence-corrected chi connectivity index (χ3v) is 4.28. The molecule has 3 rings (SSSR count). The molecule has 0 aromatic heterocycles. The Balaban J connectivity index is 1.86. The van der Waals surface area contributed by atoms with Gasteiger partial charge in [-0.1, -0.05) is 42.5 Å². The summed E-state index contributed by atoms with van der Waals surface area (Å²) < 4.78 is 45.4. The summed E-state index contributed by atoms with van der Waals surface area (Å²) in [6.45, 7) is 0. The summed E-state index contributed by atoms with van der Waals surface area (Å²) in [6, 6.07) is 12.7. The molecule has 0 aliphatic carbocycles. The summed E-state index contributed by atoms with van der Waals surface area (Å²) in [5, 5.41) is 4.20. The van der Waals surface area contributed by atoms with E-state index in [1.54, 1.807) is 6.07 Å². The number of carbonyl (C=O) groups excluding carboxylic acids is 2. The Bertz CT molecular complexity index is 1030. The van der Waals surface area contributed by atoms with Gasteiger partial charge in [0, 0.05) is 18.6 Å². The fourth-order valence-electron chi connectivity index (χ4n) is 2.93. The van der Waals surface area contributed by atoms with E-state index in [9.17, 15) is 22.8 Å². The second-order valence-electron chi connectivity index (χ2n) is 6.18. The highest BCUT2D eigenvalue weighted by molar-refractivity contribution is 5.97. The summed E-state index contributed by atoms with van der Waals surface area (Å²) in [4.78, 5) is 24.4. The highest BCUT2D eigenvalue weighted by Gasteiger charge is 2.26. The number of nitrogens with one attached hydrogen (secondary N) is 1. The van der Waals surface area contributed by atoms with Crippen molar-refractivity contribution in [2.75, 3.05) is 7.11 Å². The van der Waals surface area contributed by atoms with Crippen LogP contribution in [-0.4, -0.2) is 25.0 Å². The van der Waals surface area contributed by atoms with E-state index < -0.39 is 40.9 Å². The molecule has 1 amide bonds. The molecule has 4 nitrogen and oxygen atoms in total. The number of rotatable bonds is 5. The fraction of sp³-hybridized carbons (Fsp3) is 0.143. The monoisotopic (exact) mass is 387 g/mol. The molecule has 1 N–H and O–H groups in total. The van der Waals surface area contributed by atoms with Gasteiger partial charge < -0.3 is 10.1 Å². The Morgan fingerprint density at radius 3 is 2.25 bits per heavy atom. The van der Waals surface area contributed by atoms with Crippen LogP contribution in [0.5, 0.6) is 0 Å². The number of halogens is 3. The van der Waals surface area contributed by atoms with Gasteiger partial charge in [0.25, 0.3) is 5.91 Å². The van der Waals surface area contributed by atoms with E-state index in [1.165, 1.54) is 0 Å². The van der Waals surface area contributed by atoms with Crippen molar-refractivity contribution in [1.29, 1.82) is 0 Å². The lowest BCUT2D eigenvalue weighted by molar-refractivity contribution is -0.142. The SMILES string of the molecule is COC(=O)[C@H](Cc1ccc2ccccc2c1)NC(=O)c1c(F)cc(F)cc1F. The summed E-state index contributed by atoms with van der Waals surface area (Å²) in [5.41, 5.74) is -0.247. The zero-order chi connectivity index (χ0) is 20.3. The first kappa shape index (κ1) is 19.4. The van der Waals surface area contributed by atoms with Crippen molar-refractivity contribution in [1.82, 2.24) is 5.32 Å². The summed E-state index contributed by atoms with van der Waals surface area (Å²) in [7, 11) is 1.14. The highest BCUT2D eigenvalue weighted by Crippen LogP contribution is 2.18. The normalized spacial score (nSPS) is 11.9. The molecular weight excluding hydrogens is 371 g/mol. The molecule has 1 atom stereocenters. The van der Waals surface area contributed by atoms with Gasteiger partial charge in [-0.05, 0) is 16.3 Å². The van der Waals surface area contributed by atoms with E-state index in [0.717, 1.165) is 23.4 Å². The van der Waals surface area contributed by atoms with Gasteiger partial charge in [-0.3, -0.25) is 4.79 Å². The van der Waals surface area contributed by atoms with Crippen molar-refractivity contribution in [3.05, 3.63) is 83.2 Å². The number of hydrogen-bond donors (Lipinski definition) is 1. The topological polar surface area (TPSA) is 55.4 Å². The molecular formula is C21H16F3NO3. The van der Waals surface area contributed by atoms with Gasteiger partial charge in [0.2, 0.25) is 0 Å². The molecule has 0 bridgehead atoms. The summed E-state index contributed by atoms with van der Waals surface area (Å²) in [6.07, 6.45) is 0.0493. The maximum Gasteiger partial charge on any atom is 0.328 e. The van der Waals surface area contributed by atoms with Crippen LogP contribution in [0.3, 0.4) is 0 Å². The quantitative estimate of drug-likeness (QED) is 0.678. The summed E-state index contributed by atoms with van der Waals surface area (Å²) >= 11 is 0. The van der Waals surface area contributed by atoms with Gasteiger partial charge in [0.15, 0.2) is 0 Å². The smallest absolute Gasteiger partial charge is 0.328 e. The molecule has 0 heterocycles. The second kappa shape index (κ2) is 8.12. The first-order valence-corrected chi connectivity index (χ1v) is 8.40. The van der Waals surface area contributed by atoms with Crippen LogP contribution in [0.25, 0.3) is 10.8 Å². The largest absolute Gasteiger partial charge is 0.467 e. The van der Waals surface area contributed by atoms with Gasteiger partial charge in [-0.15, -0.1) is 0 Å². The first-order chi connectivity index (χ1) is 13.4. The minimum atomic E-state index is -1.36. The molecule has 0 spiro atoms. The summed E-state index contributed by atoms with van der Waals surface area (Å²) in [5.74, 6) is -5.81. The lowest BCUT2D eigenvalue weighted by Gasteiger charge is -2.17. The average Bonchev–Trinajstić information content (AvgIpc) is 2.66.